The molecular formula is C17H19BrN2O3. The number of hydrogen-bond donors (Lipinski definition) is 1. The minimum Gasteiger partial charge on any atom is -0.463 e. The topological polar surface area (TPSA) is 58.6 Å². The Morgan fingerprint density at radius 2 is 2.26 bits per heavy atom. The fourth-order valence-corrected chi connectivity index (χ4v) is 2.96. The highest BCUT2D eigenvalue weighted by molar-refractivity contribution is 9.10. The number of benzene rings is 1. The van der Waals surface area contributed by atoms with Gasteiger partial charge in [-0.3, -0.25) is 4.90 Å². The predicted octanol–water partition coefficient (Wildman–Crippen LogP) is 3.54. The Morgan fingerprint density at radius 1 is 1.52 bits per heavy atom. The molecule has 0 aromatic heterocycles. The first kappa shape index (κ1) is 17.3. The van der Waals surface area contributed by atoms with E-state index in [0.717, 1.165) is 10.0 Å². The summed E-state index contributed by atoms with van der Waals surface area (Å²) in [6, 6.07) is 6.69. The number of carbonyl (C=O) groups excluding carboxylic acids is 2. The van der Waals surface area contributed by atoms with Crippen LogP contribution in [0.4, 0.5) is 4.79 Å². The lowest BCUT2D eigenvalue weighted by Crippen LogP contribution is -2.48. The Kier molecular flexibility index (Phi) is 5.60. The molecule has 1 aromatic rings. The van der Waals surface area contributed by atoms with Gasteiger partial charge in [-0.05, 0) is 31.5 Å². The lowest BCUT2D eigenvalue weighted by molar-refractivity contribution is -0.139. The van der Waals surface area contributed by atoms with Crippen LogP contribution in [0, 0.1) is 0 Å². The monoisotopic (exact) mass is 378 g/mol. The van der Waals surface area contributed by atoms with Gasteiger partial charge in [0.25, 0.3) is 0 Å². The molecule has 1 N–H and O–H groups in total. The van der Waals surface area contributed by atoms with Crippen molar-refractivity contribution in [3.8, 4) is 0 Å². The van der Waals surface area contributed by atoms with E-state index >= 15 is 0 Å². The molecule has 0 fully saturated rings. The summed E-state index contributed by atoms with van der Waals surface area (Å²) < 4.78 is 6.06. The molecule has 23 heavy (non-hydrogen) atoms. The molecule has 2 amide bonds. The van der Waals surface area contributed by atoms with E-state index in [9.17, 15) is 9.59 Å². The van der Waals surface area contributed by atoms with Crippen LogP contribution in [-0.2, 0) is 9.53 Å². The molecule has 0 saturated carbocycles. The third-order valence-corrected chi connectivity index (χ3v) is 4.08. The van der Waals surface area contributed by atoms with Crippen LogP contribution in [0.15, 0.2) is 52.7 Å². The summed E-state index contributed by atoms with van der Waals surface area (Å²) in [5, 5.41) is 2.87. The Morgan fingerprint density at radius 3 is 2.87 bits per heavy atom. The molecule has 1 heterocycles. The fraction of sp³-hybridized carbons (Fsp3) is 0.294. The third kappa shape index (κ3) is 3.64. The van der Waals surface area contributed by atoms with Crippen molar-refractivity contribution in [1.82, 2.24) is 10.2 Å². The van der Waals surface area contributed by atoms with Gasteiger partial charge in [-0.25, -0.2) is 9.59 Å². The first-order chi connectivity index (χ1) is 11.0. The first-order valence-corrected chi connectivity index (χ1v) is 8.11. The quantitative estimate of drug-likeness (QED) is 0.629. The molecule has 1 aliphatic rings. The van der Waals surface area contributed by atoms with E-state index in [-0.39, 0.29) is 12.6 Å². The van der Waals surface area contributed by atoms with Crippen molar-refractivity contribution >= 4 is 27.9 Å². The molecule has 0 radical (unpaired) electrons. The number of carbonyl (C=O) groups is 2. The highest BCUT2D eigenvalue weighted by Crippen LogP contribution is 2.32. The van der Waals surface area contributed by atoms with Crippen molar-refractivity contribution < 1.29 is 14.3 Å². The summed E-state index contributed by atoms with van der Waals surface area (Å²) in [6.07, 6.45) is 1.62. The number of nitrogens with zero attached hydrogens (tertiary/aromatic N) is 1. The molecule has 122 valence electrons. The summed E-state index contributed by atoms with van der Waals surface area (Å²) >= 11 is 3.41. The number of urea groups is 1. The second-order valence-corrected chi connectivity index (χ2v) is 5.97. The third-order valence-electron chi connectivity index (χ3n) is 3.59. The van der Waals surface area contributed by atoms with Gasteiger partial charge in [-0.2, -0.15) is 0 Å². The van der Waals surface area contributed by atoms with E-state index in [2.05, 4.69) is 27.8 Å². The lowest BCUT2D eigenvalue weighted by Gasteiger charge is -2.34. The molecule has 1 atom stereocenters. The Hall–Kier alpha value is -2.08. The second kappa shape index (κ2) is 7.46. The van der Waals surface area contributed by atoms with Crippen LogP contribution in [-0.4, -0.2) is 30.1 Å². The first-order valence-electron chi connectivity index (χ1n) is 7.31. The van der Waals surface area contributed by atoms with Gasteiger partial charge >= 0.3 is 12.0 Å². The van der Waals surface area contributed by atoms with Crippen LogP contribution in [0.2, 0.25) is 0 Å². The Bertz CT molecular complexity index is 670. The van der Waals surface area contributed by atoms with Crippen molar-refractivity contribution in [2.45, 2.75) is 19.9 Å². The zero-order chi connectivity index (χ0) is 17.0. The zero-order valence-electron chi connectivity index (χ0n) is 13.1. The van der Waals surface area contributed by atoms with Crippen molar-refractivity contribution in [1.29, 1.82) is 0 Å². The molecule has 5 nitrogen and oxygen atoms in total. The maximum Gasteiger partial charge on any atom is 0.338 e. The van der Waals surface area contributed by atoms with Gasteiger partial charge < -0.3 is 10.1 Å². The van der Waals surface area contributed by atoms with Gasteiger partial charge in [-0.1, -0.05) is 34.1 Å². The van der Waals surface area contributed by atoms with Crippen LogP contribution in [0.3, 0.4) is 0 Å². The van der Waals surface area contributed by atoms with Crippen LogP contribution in [0.25, 0.3) is 0 Å². The molecule has 0 spiro atoms. The maximum absolute atomic E-state index is 12.4. The largest absolute Gasteiger partial charge is 0.463 e. The summed E-state index contributed by atoms with van der Waals surface area (Å²) in [5.41, 5.74) is 1.83. The van der Waals surface area contributed by atoms with Crippen molar-refractivity contribution in [2.75, 3.05) is 13.2 Å². The molecule has 2 rings (SSSR count). The van der Waals surface area contributed by atoms with E-state index < -0.39 is 12.0 Å². The summed E-state index contributed by atoms with van der Waals surface area (Å²) in [4.78, 5) is 26.3. The van der Waals surface area contributed by atoms with Crippen LogP contribution in [0.5, 0.6) is 0 Å². The van der Waals surface area contributed by atoms with E-state index in [1.807, 2.05) is 24.3 Å². The second-order valence-electron chi connectivity index (χ2n) is 5.06. The van der Waals surface area contributed by atoms with Crippen molar-refractivity contribution in [3.63, 3.8) is 0 Å². The number of allylic oxidation sites excluding steroid dienone is 1. The molecule has 1 aliphatic heterocycles. The normalized spacial score (nSPS) is 17.8. The van der Waals surface area contributed by atoms with Crippen LogP contribution in [0.1, 0.15) is 25.5 Å². The van der Waals surface area contributed by atoms with Gasteiger partial charge in [0.1, 0.15) is 0 Å². The number of halogens is 1. The lowest BCUT2D eigenvalue weighted by atomic mass is 9.95. The number of nitrogens with one attached hydrogen (secondary N) is 1. The van der Waals surface area contributed by atoms with E-state index in [4.69, 9.17) is 4.74 Å². The molecule has 0 aliphatic carbocycles. The van der Waals surface area contributed by atoms with Gasteiger partial charge in [0, 0.05) is 16.7 Å². The number of ether oxygens (including phenoxy) is 1. The van der Waals surface area contributed by atoms with Crippen LogP contribution >= 0.6 is 15.9 Å². The smallest absolute Gasteiger partial charge is 0.338 e. The summed E-state index contributed by atoms with van der Waals surface area (Å²) in [5.74, 6) is -0.427. The van der Waals surface area contributed by atoms with E-state index in [1.165, 1.54) is 4.90 Å². The SMILES string of the molecule is C=CCN1C(=O)NC(c2cccc(Br)c2)C(C(=O)OCC)=C1C. The van der Waals surface area contributed by atoms with Gasteiger partial charge in [0.15, 0.2) is 0 Å². The van der Waals surface area contributed by atoms with Gasteiger partial charge in [-0.15, -0.1) is 6.58 Å². The van der Waals surface area contributed by atoms with Gasteiger partial charge in [0.2, 0.25) is 0 Å². The number of hydrogen-bond acceptors (Lipinski definition) is 3. The minimum atomic E-state index is -0.542. The standard InChI is InChI=1S/C17H19BrN2O3/c1-4-9-20-11(3)14(16(21)23-5-2)15(19-17(20)22)12-7-6-8-13(18)10-12/h4,6-8,10,15H,1,5,9H2,2-3H3,(H,19,22). The number of esters is 1. The molecule has 0 bridgehead atoms. The Balaban J connectivity index is 2.53. The average molecular weight is 379 g/mol. The van der Waals surface area contributed by atoms with E-state index in [1.54, 1.807) is 19.9 Å². The number of amides is 2. The summed E-state index contributed by atoms with van der Waals surface area (Å²) in [6.45, 7) is 7.76. The highest BCUT2D eigenvalue weighted by atomic mass is 79.9. The van der Waals surface area contributed by atoms with Crippen molar-refractivity contribution in [3.05, 3.63) is 58.2 Å². The minimum absolute atomic E-state index is 0.263. The molecule has 6 heteroatoms. The summed E-state index contributed by atoms with van der Waals surface area (Å²) in [7, 11) is 0. The molecular weight excluding hydrogens is 360 g/mol. The van der Waals surface area contributed by atoms with Crippen LogP contribution < -0.4 is 5.32 Å². The predicted molar refractivity (Wildman–Crippen MR) is 91.7 cm³/mol. The molecule has 1 aromatic carbocycles. The van der Waals surface area contributed by atoms with E-state index in [0.29, 0.717) is 17.8 Å². The fourth-order valence-electron chi connectivity index (χ4n) is 2.54. The van der Waals surface area contributed by atoms with Crippen molar-refractivity contribution in [2.24, 2.45) is 0 Å². The molecule has 0 saturated heterocycles. The molecule has 1 unspecified atom stereocenters. The highest BCUT2D eigenvalue weighted by Gasteiger charge is 2.35. The zero-order valence-corrected chi connectivity index (χ0v) is 14.7. The van der Waals surface area contributed by atoms with Gasteiger partial charge in [0.05, 0.1) is 18.2 Å². The maximum atomic E-state index is 12.4. The Labute approximate surface area is 144 Å². The number of rotatable bonds is 5. The average Bonchev–Trinajstić information content (AvgIpc) is 2.51.